The van der Waals surface area contributed by atoms with Gasteiger partial charge in [-0.2, -0.15) is 10.2 Å². The third-order valence-corrected chi connectivity index (χ3v) is 4.88. The first-order valence-electron chi connectivity index (χ1n) is 9.56. The van der Waals surface area contributed by atoms with Crippen molar-refractivity contribution in [2.45, 2.75) is 19.4 Å². The highest BCUT2D eigenvalue weighted by Gasteiger charge is 2.29. The molecule has 0 radical (unpaired) electrons. The molecular weight excluding hydrogens is 376 g/mol. The number of aryl methyl sites for hydroxylation is 1. The highest BCUT2D eigenvalue weighted by atomic mass is 32.1. The lowest BCUT2D eigenvalue weighted by molar-refractivity contribution is 0.990. The summed E-state index contributed by atoms with van der Waals surface area (Å²) in [6, 6.07) is 27.6. The summed E-state index contributed by atoms with van der Waals surface area (Å²) in [5, 5.41) is 9.53. The second kappa shape index (κ2) is 8.80. The fraction of sp³-hybridized carbons (Fsp3) is 0.125. The quantitative estimate of drug-likeness (QED) is 0.387. The lowest BCUT2D eigenvalue weighted by atomic mass is 9.94. The molecule has 3 aromatic rings. The Morgan fingerprint density at radius 1 is 0.793 bits per heavy atom. The molecule has 0 atom stereocenters. The highest BCUT2D eigenvalue weighted by molar-refractivity contribution is 7.80. The number of hydrogen-bond donors (Lipinski definition) is 0. The molecule has 1 aliphatic rings. The molecule has 0 amide bonds. The first-order chi connectivity index (χ1) is 14.2. The molecule has 0 aliphatic carbocycles. The van der Waals surface area contributed by atoms with Crippen LogP contribution in [0.25, 0.3) is 0 Å². The van der Waals surface area contributed by atoms with Crippen molar-refractivity contribution in [3.05, 3.63) is 102 Å². The van der Waals surface area contributed by atoms with Crippen LogP contribution in [0.4, 0.5) is 5.69 Å². The second-order valence-electron chi connectivity index (χ2n) is 6.65. The van der Waals surface area contributed by atoms with Gasteiger partial charge in [-0.05, 0) is 47.5 Å². The Morgan fingerprint density at radius 3 is 1.93 bits per heavy atom. The second-order valence-corrected chi connectivity index (χ2v) is 7.02. The van der Waals surface area contributed by atoms with Crippen LogP contribution in [0.5, 0.6) is 0 Å². The first kappa shape index (κ1) is 19.0. The van der Waals surface area contributed by atoms with Gasteiger partial charge in [0.1, 0.15) is 0 Å². The predicted molar refractivity (Wildman–Crippen MR) is 123 cm³/mol. The van der Waals surface area contributed by atoms with E-state index in [4.69, 9.17) is 12.2 Å². The van der Waals surface area contributed by atoms with Crippen molar-refractivity contribution in [2.75, 3.05) is 0 Å². The van der Waals surface area contributed by atoms with Crippen molar-refractivity contribution in [1.82, 2.24) is 0 Å². The maximum absolute atomic E-state index is 5.38. The number of benzene rings is 3. The van der Waals surface area contributed by atoms with E-state index in [1.54, 1.807) is 0 Å². The largest absolute Gasteiger partial charge is 0.220 e. The van der Waals surface area contributed by atoms with Crippen molar-refractivity contribution >= 4 is 34.4 Å². The summed E-state index contributed by atoms with van der Waals surface area (Å²) < 4.78 is 0. The Labute approximate surface area is 175 Å². The molecule has 4 nitrogen and oxygen atoms in total. The van der Waals surface area contributed by atoms with E-state index < -0.39 is 6.04 Å². The molecule has 1 aliphatic heterocycles. The number of hydrogen-bond acceptors (Lipinski definition) is 3. The van der Waals surface area contributed by atoms with E-state index in [0.29, 0.717) is 5.11 Å². The molecular formula is C24H20N4S. The summed E-state index contributed by atoms with van der Waals surface area (Å²) in [5.41, 5.74) is 5.49. The van der Waals surface area contributed by atoms with Gasteiger partial charge in [0.05, 0.1) is 17.1 Å². The Kier molecular flexibility index (Phi) is 5.77. The maximum atomic E-state index is 5.38. The molecule has 0 fully saturated rings. The van der Waals surface area contributed by atoms with Gasteiger partial charge in [-0.25, -0.2) is 9.98 Å². The van der Waals surface area contributed by atoms with Crippen molar-refractivity contribution < 1.29 is 0 Å². The molecule has 0 spiro atoms. The minimum atomic E-state index is -0.434. The topological polar surface area (TPSA) is 49.4 Å². The van der Waals surface area contributed by atoms with Gasteiger partial charge < -0.3 is 0 Å². The number of thiocarbonyl (C=S) groups is 1. The summed E-state index contributed by atoms with van der Waals surface area (Å²) >= 11 is 5.38. The summed E-state index contributed by atoms with van der Waals surface area (Å²) in [6.45, 7) is 2.12. The van der Waals surface area contributed by atoms with E-state index in [1.165, 1.54) is 5.56 Å². The Hall–Kier alpha value is -3.31. The Morgan fingerprint density at radius 2 is 1.38 bits per heavy atom. The molecule has 0 aromatic heterocycles. The Bertz CT molecular complexity index is 1040. The molecule has 0 saturated carbocycles. The van der Waals surface area contributed by atoms with E-state index >= 15 is 0 Å². The normalized spacial score (nSPS) is 14.7. The van der Waals surface area contributed by atoms with Crippen molar-refractivity contribution in [1.29, 1.82) is 0 Å². The van der Waals surface area contributed by atoms with Gasteiger partial charge in [0.15, 0.2) is 6.04 Å². The molecule has 0 saturated heterocycles. The van der Waals surface area contributed by atoms with Gasteiger partial charge in [-0.15, -0.1) is 0 Å². The third kappa shape index (κ3) is 4.41. The lowest BCUT2D eigenvalue weighted by Gasteiger charge is -2.21. The standard InChI is InChI=1S/C24H20N4S/c1-2-17-10-9-15-20(16-17)27-28-23-21(18-11-5-3-6-12-18)25-24(29)26-22(23)19-13-7-4-8-14-19/h3-16,23H,2H2,1H3. The molecule has 3 aromatic carbocycles. The van der Waals surface area contributed by atoms with Crippen LogP contribution in [-0.4, -0.2) is 22.6 Å². The summed E-state index contributed by atoms with van der Waals surface area (Å²) in [5.74, 6) is 0. The van der Waals surface area contributed by atoms with Gasteiger partial charge >= 0.3 is 0 Å². The fourth-order valence-corrected chi connectivity index (χ4v) is 3.41. The monoisotopic (exact) mass is 396 g/mol. The van der Waals surface area contributed by atoms with E-state index in [9.17, 15) is 0 Å². The van der Waals surface area contributed by atoms with Crippen LogP contribution in [0.1, 0.15) is 23.6 Å². The van der Waals surface area contributed by atoms with Gasteiger partial charge in [0.2, 0.25) is 5.11 Å². The molecule has 0 unspecified atom stereocenters. The molecule has 4 rings (SSSR count). The lowest BCUT2D eigenvalue weighted by Crippen LogP contribution is -2.34. The minimum Gasteiger partial charge on any atom is -0.220 e. The average molecular weight is 397 g/mol. The number of aliphatic imine (C=N–C) groups is 2. The first-order valence-corrected chi connectivity index (χ1v) is 9.97. The van der Waals surface area contributed by atoms with Gasteiger partial charge in [0.25, 0.3) is 0 Å². The SMILES string of the molecule is CCc1cccc(N=NC2C(c3ccccc3)=NC(=S)N=C2c2ccccc2)c1. The zero-order valence-corrected chi connectivity index (χ0v) is 16.9. The number of rotatable bonds is 5. The number of nitrogens with zero attached hydrogens (tertiary/aromatic N) is 4. The van der Waals surface area contributed by atoms with Crippen LogP contribution in [0, 0.1) is 0 Å². The molecule has 29 heavy (non-hydrogen) atoms. The number of azo groups is 1. The Balaban J connectivity index is 1.78. The molecule has 142 valence electrons. The zero-order valence-electron chi connectivity index (χ0n) is 16.1. The van der Waals surface area contributed by atoms with Gasteiger partial charge in [0, 0.05) is 0 Å². The van der Waals surface area contributed by atoms with Crippen molar-refractivity contribution in [2.24, 2.45) is 20.2 Å². The van der Waals surface area contributed by atoms with Crippen LogP contribution in [-0.2, 0) is 6.42 Å². The van der Waals surface area contributed by atoms with E-state index in [-0.39, 0.29) is 0 Å². The van der Waals surface area contributed by atoms with Gasteiger partial charge in [-0.1, -0.05) is 79.7 Å². The molecule has 5 heteroatoms. The van der Waals surface area contributed by atoms with E-state index in [1.807, 2.05) is 72.8 Å². The smallest absolute Gasteiger partial charge is 0.219 e. The highest BCUT2D eigenvalue weighted by Crippen LogP contribution is 2.22. The third-order valence-electron chi connectivity index (χ3n) is 4.70. The van der Waals surface area contributed by atoms with E-state index in [0.717, 1.165) is 34.7 Å². The van der Waals surface area contributed by atoms with Crippen LogP contribution in [0.3, 0.4) is 0 Å². The van der Waals surface area contributed by atoms with Crippen LogP contribution < -0.4 is 0 Å². The van der Waals surface area contributed by atoms with Crippen LogP contribution in [0.15, 0.2) is 105 Å². The molecule has 0 bridgehead atoms. The zero-order chi connectivity index (χ0) is 20.1. The van der Waals surface area contributed by atoms with Crippen LogP contribution in [0.2, 0.25) is 0 Å². The van der Waals surface area contributed by atoms with Crippen LogP contribution >= 0.6 is 12.2 Å². The van der Waals surface area contributed by atoms with E-state index in [2.05, 4.69) is 39.3 Å². The summed E-state index contributed by atoms with van der Waals surface area (Å²) in [7, 11) is 0. The molecule has 1 heterocycles. The predicted octanol–water partition coefficient (Wildman–Crippen LogP) is 5.98. The average Bonchev–Trinajstić information content (AvgIpc) is 2.79. The maximum Gasteiger partial charge on any atom is 0.219 e. The fourth-order valence-electron chi connectivity index (χ4n) is 3.22. The van der Waals surface area contributed by atoms with Gasteiger partial charge in [-0.3, -0.25) is 0 Å². The van der Waals surface area contributed by atoms with Crippen molar-refractivity contribution in [3.8, 4) is 0 Å². The summed E-state index contributed by atoms with van der Waals surface area (Å²) in [6.07, 6.45) is 0.953. The molecule has 0 N–H and O–H groups in total. The van der Waals surface area contributed by atoms with Crippen molar-refractivity contribution in [3.63, 3.8) is 0 Å². The minimum absolute atomic E-state index is 0.308. The summed E-state index contributed by atoms with van der Waals surface area (Å²) in [4.78, 5) is 9.13.